The summed E-state index contributed by atoms with van der Waals surface area (Å²) in [6, 6.07) is 8.59. The van der Waals surface area contributed by atoms with Gasteiger partial charge in [-0.25, -0.2) is 5.43 Å². The molecule has 0 amide bonds. The summed E-state index contributed by atoms with van der Waals surface area (Å²) in [5.41, 5.74) is 8.49. The number of likely N-dealkylation sites (N-methyl/N-ethyl adjacent to an activating group) is 1. The molecule has 0 saturated heterocycles. The predicted molar refractivity (Wildman–Crippen MR) is 78.0 cm³/mol. The lowest BCUT2D eigenvalue weighted by atomic mass is 9.92. The van der Waals surface area contributed by atoms with E-state index in [1.165, 1.54) is 16.7 Å². The first-order valence-corrected chi connectivity index (χ1v) is 6.67. The molecule has 2 aliphatic rings. The molecule has 1 aromatic rings. The van der Waals surface area contributed by atoms with Crippen molar-refractivity contribution >= 4 is 5.71 Å². The van der Waals surface area contributed by atoms with Gasteiger partial charge in [-0.05, 0) is 26.1 Å². The van der Waals surface area contributed by atoms with E-state index in [0.717, 1.165) is 18.7 Å². The molecule has 2 aliphatic heterocycles. The Bertz CT molecular complexity index is 545. The maximum atomic E-state index is 4.77. The number of rotatable bonds is 2. The number of aliphatic imine (C=N–C) groups is 1. The van der Waals surface area contributed by atoms with E-state index in [2.05, 4.69) is 54.9 Å². The van der Waals surface area contributed by atoms with Crippen LogP contribution in [-0.4, -0.2) is 49.5 Å². The molecule has 0 saturated carbocycles. The van der Waals surface area contributed by atoms with Gasteiger partial charge in [0.25, 0.3) is 0 Å². The quantitative estimate of drug-likeness (QED) is 0.864. The van der Waals surface area contributed by atoms with E-state index in [1.54, 1.807) is 0 Å². The Hall–Kier alpha value is -1.65. The van der Waals surface area contributed by atoms with Gasteiger partial charge in [0, 0.05) is 30.9 Å². The lowest BCUT2D eigenvalue weighted by Gasteiger charge is -2.26. The number of fused-ring (bicyclic) bond motifs is 1. The van der Waals surface area contributed by atoms with Gasteiger partial charge in [0.05, 0.1) is 5.71 Å². The van der Waals surface area contributed by atoms with Crippen LogP contribution in [0.2, 0.25) is 0 Å². The molecule has 3 rings (SSSR count). The van der Waals surface area contributed by atoms with Gasteiger partial charge in [0.15, 0.2) is 0 Å². The second-order valence-corrected chi connectivity index (χ2v) is 5.33. The second kappa shape index (κ2) is 4.79. The molecule has 100 valence electrons. The number of nitrogens with zero attached hydrogens (tertiary/aromatic N) is 3. The first-order chi connectivity index (χ1) is 9.16. The molecule has 0 fully saturated rings. The zero-order chi connectivity index (χ0) is 13.4. The topological polar surface area (TPSA) is 30.9 Å². The van der Waals surface area contributed by atoms with Gasteiger partial charge in [-0.15, -0.1) is 0 Å². The fourth-order valence-corrected chi connectivity index (χ4v) is 2.75. The van der Waals surface area contributed by atoms with E-state index in [9.17, 15) is 0 Å². The molecular formula is C15H20N4. The van der Waals surface area contributed by atoms with Crippen molar-refractivity contribution in [3.8, 4) is 0 Å². The van der Waals surface area contributed by atoms with E-state index in [0.29, 0.717) is 0 Å². The van der Waals surface area contributed by atoms with Crippen LogP contribution in [0.3, 0.4) is 0 Å². The summed E-state index contributed by atoms with van der Waals surface area (Å²) in [5.74, 6) is 0. The number of hydrogen-bond donors (Lipinski definition) is 1. The van der Waals surface area contributed by atoms with E-state index in [1.807, 2.05) is 12.1 Å². The molecular weight excluding hydrogens is 236 g/mol. The third kappa shape index (κ3) is 2.17. The third-order valence-electron chi connectivity index (χ3n) is 3.67. The zero-order valence-corrected chi connectivity index (χ0v) is 11.7. The minimum absolute atomic E-state index is 0.190. The number of nitrogens with one attached hydrogen (secondary N) is 1. The van der Waals surface area contributed by atoms with Crippen LogP contribution in [0.25, 0.3) is 0 Å². The monoisotopic (exact) mass is 256 g/mol. The Morgan fingerprint density at radius 3 is 2.89 bits per heavy atom. The molecule has 4 heteroatoms. The van der Waals surface area contributed by atoms with Crippen molar-refractivity contribution in [2.45, 2.75) is 12.6 Å². The zero-order valence-electron chi connectivity index (χ0n) is 11.7. The highest BCUT2D eigenvalue weighted by atomic mass is 15.6. The Morgan fingerprint density at radius 1 is 1.32 bits per heavy atom. The predicted octanol–water partition coefficient (Wildman–Crippen LogP) is 1.25. The largest absolute Gasteiger partial charge is 0.316 e. The molecule has 1 unspecified atom stereocenters. The standard InChI is InChI=1S/C15H20N4/c1-18(2)15-13(10-19(3)17-15)14-12-7-5-4-6-11(12)8-9-16-14/h4-7,10,15,17H,8-9H2,1-3H3. The molecule has 0 spiro atoms. The van der Waals surface area contributed by atoms with Crippen molar-refractivity contribution in [2.75, 3.05) is 27.7 Å². The van der Waals surface area contributed by atoms with E-state index in [-0.39, 0.29) is 6.17 Å². The number of benzene rings is 1. The van der Waals surface area contributed by atoms with Crippen LogP contribution in [-0.2, 0) is 6.42 Å². The van der Waals surface area contributed by atoms with Crippen molar-refractivity contribution < 1.29 is 0 Å². The Kier molecular flexibility index (Phi) is 3.12. The summed E-state index contributed by atoms with van der Waals surface area (Å²) in [4.78, 5) is 6.95. The SMILES string of the molecule is CN1C=C(C2=NCCc3ccccc32)C(N(C)C)N1. The average molecular weight is 256 g/mol. The van der Waals surface area contributed by atoms with Crippen LogP contribution < -0.4 is 5.43 Å². The molecule has 1 aromatic carbocycles. The minimum Gasteiger partial charge on any atom is -0.316 e. The minimum atomic E-state index is 0.190. The highest BCUT2D eigenvalue weighted by molar-refractivity contribution is 6.14. The maximum Gasteiger partial charge on any atom is 0.106 e. The highest BCUT2D eigenvalue weighted by Crippen LogP contribution is 2.24. The fourth-order valence-electron chi connectivity index (χ4n) is 2.75. The molecule has 0 radical (unpaired) electrons. The summed E-state index contributed by atoms with van der Waals surface area (Å²) in [6.45, 7) is 0.882. The first-order valence-electron chi connectivity index (χ1n) is 6.67. The van der Waals surface area contributed by atoms with Crippen molar-refractivity contribution in [1.29, 1.82) is 0 Å². The normalized spacial score (nSPS) is 22.3. The Balaban J connectivity index is 2.02. The molecule has 19 heavy (non-hydrogen) atoms. The number of hydrogen-bond acceptors (Lipinski definition) is 4. The maximum absolute atomic E-state index is 4.77. The molecule has 0 aliphatic carbocycles. The van der Waals surface area contributed by atoms with E-state index >= 15 is 0 Å². The van der Waals surface area contributed by atoms with Crippen LogP contribution in [0.15, 0.2) is 41.0 Å². The summed E-state index contributed by atoms with van der Waals surface area (Å²) in [5, 5.41) is 2.01. The summed E-state index contributed by atoms with van der Waals surface area (Å²) >= 11 is 0. The smallest absolute Gasteiger partial charge is 0.106 e. The van der Waals surface area contributed by atoms with Crippen LogP contribution in [0.4, 0.5) is 0 Å². The van der Waals surface area contributed by atoms with Crippen molar-refractivity contribution in [2.24, 2.45) is 4.99 Å². The summed E-state index contributed by atoms with van der Waals surface area (Å²) < 4.78 is 0. The summed E-state index contributed by atoms with van der Waals surface area (Å²) in [6.07, 6.45) is 3.38. The summed E-state index contributed by atoms with van der Waals surface area (Å²) in [7, 11) is 6.19. The fraction of sp³-hybridized carbons (Fsp3) is 0.400. The van der Waals surface area contributed by atoms with E-state index < -0.39 is 0 Å². The van der Waals surface area contributed by atoms with Gasteiger partial charge >= 0.3 is 0 Å². The van der Waals surface area contributed by atoms with Crippen LogP contribution in [0, 0.1) is 0 Å². The lowest BCUT2D eigenvalue weighted by molar-refractivity contribution is 0.214. The van der Waals surface area contributed by atoms with Gasteiger partial charge < -0.3 is 5.01 Å². The van der Waals surface area contributed by atoms with Gasteiger partial charge in [0.1, 0.15) is 6.17 Å². The first kappa shape index (κ1) is 12.4. The van der Waals surface area contributed by atoms with Crippen molar-refractivity contribution in [1.82, 2.24) is 15.3 Å². The molecule has 1 atom stereocenters. The van der Waals surface area contributed by atoms with Gasteiger partial charge in [-0.2, -0.15) is 0 Å². The van der Waals surface area contributed by atoms with Crippen molar-refractivity contribution in [3.63, 3.8) is 0 Å². The van der Waals surface area contributed by atoms with Crippen LogP contribution >= 0.6 is 0 Å². The average Bonchev–Trinajstić information content (AvgIpc) is 2.80. The number of hydrazine groups is 1. The third-order valence-corrected chi connectivity index (χ3v) is 3.67. The van der Waals surface area contributed by atoms with Gasteiger partial charge in [0.2, 0.25) is 0 Å². The highest BCUT2D eigenvalue weighted by Gasteiger charge is 2.29. The Morgan fingerprint density at radius 2 is 2.11 bits per heavy atom. The van der Waals surface area contributed by atoms with E-state index in [4.69, 9.17) is 4.99 Å². The molecule has 0 bridgehead atoms. The molecule has 4 nitrogen and oxygen atoms in total. The molecule has 1 N–H and O–H groups in total. The molecule has 0 aromatic heterocycles. The van der Waals surface area contributed by atoms with Crippen molar-refractivity contribution in [3.05, 3.63) is 47.2 Å². The van der Waals surface area contributed by atoms with Crippen LogP contribution in [0.5, 0.6) is 0 Å². The van der Waals surface area contributed by atoms with Crippen LogP contribution in [0.1, 0.15) is 11.1 Å². The second-order valence-electron chi connectivity index (χ2n) is 5.33. The lowest BCUT2D eigenvalue weighted by Crippen LogP contribution is -2.44. The Labute approximate surface area is 114 Å². The molecule has 2 heterocycles. The van der Waals surface area contributed by atoms with Gasteiger partial charge in [-0.3, -0.25) is 9.89 Å². The van der Waals surface area contributed by atoms with Gasteiger partial charge in [-0.1, -0.05) is 24.3 Å².